The van der Waals surface area contributed by atoms with Crippen LogP contribution in [0.1, 0.15) is 33.8 Å². The lowest BCUT2D eigenvalue weighted by Gasteiger charge is -2.08. The van der Waals surface area contributed by atoms with E-state index in [1.165, 1.54) is 0 Å². The third-order valence-electron chi connectivity index (χ3n) is 5.20. The molecule has 4 rings (SSSR count). The van der Waals surface area contributed by atoms with Gasteiger partial charge in [0.2, 0.25) is 0 Å². The van der Waals surface area contributed by atoms with Crippen molar-refractivity contribution in [3.05, 3.63) is 100 Å². The van der Waals surface area contributed by atoms with E-state index in [-0.39, 0.29) is 17.4 Å². The molecular formula is C24H18ClF2NO3. The van der Waals surface area contributed by atoms with Crippen LogP contribution < -0.4 is 4.74 Å². The molecule has 0 unspecified atom stereocenters. The van der Waals surface area contributed by atoms with Gasteiger partial charge in [-0.2, -0.15) is 0 Å². The molecule has 1 fully saturated rings. The molecule has 0 bridgehead atoms. The Morgan fingerprint density at radius 2 is 1.74 bits per heavy atom. The van der Waals surface area contributed by atoms with Crippen molar-refractivity contribution in [2.24, 2.45) is 11.1 Å². The molecule has 0 saturated heterocycles. The first-order valence-electron chi connectivity index (χ1n) is 9.60. The average Bonchev–Trinajstić information content (AvgIpc) is 3.55. The Morgan fingerprint density at radius 3 is 2.39 bits per heavy atom. The van der Waals surface area contributed by atoms with Crippen LogP contribution in [0.4, 0.5) is 8.78 Å². The fourth-order valence-electron chi connectivity index (χ4n) is 3.47. The number of hydrogen-bond acceptors (Lipinski definition) is 4. The van der Waals surface area contributed by atoms with E-state index in [2.05, 4.69) is 5.16 Å². The smallest absolute Gasteiger partial charge is 0.368 e. The van der Waals surface area contributed by atoms with Gasteiger partial charge >= 0.3 is 5.97 Å². The van der Waals surface area contributed by atoms with Crippen LogP contribution in [-0.2, 0) is 4.84 Å². The largest absolute Gasteiger partial charge is 0.497 e. The van der Waals surface area contributed by atoms with Crippen LogP contribution in [0.25, 0.3) is 0 Å². The maximum absolute atomic E-state index is 13.9. The van der Waals surface area contributed by atoms with Gasteiger partial charge in [-0.3, -0.25) is 0 Å². The zero-order valence-corrected chi connectivity index (χ0v) is 17.3. The Bertz CT molecular complexity index is 1130. The van der Waals surface area contributed by atoms with E-state index < -0.39 is 17.6 Å². The summed E-state index contributed by atoms with van der Waals surface area (Å²) in [7, 11) is 1.57. The third kappa shape index (κ3) is 4.75. The summed E-state index contributed by atoms with van der Waals surface area (Å²) in [6.07, 6.45) is 0.814. The van der Waals surface area contributed by atoms with Crippen LogP contribution in [0, 0.1) is 17.6 Å². The summed E-state index contributed by atoms with van der Waals surface area (Å²) in [5.41, 5.74) is 2.05. The molecule has 2 atom stereocenters. The molecule has 0 aliphatic heterocycles. The van der Waals surface area contributed by atoms with Gasteiger partial charge in [0.1, 0.15) is 17.4 Å². The number of hydrogen-bond donors (Lipinski definition) is 0. The molecule has 3 aromatic rings. The average molecular weight is 442 g/mol. The minimum absolute atomic E-state index is 0.0143. The molecule has 1 aliphatic carbocycles. The number of carbonyl (C=O) groups is 1. The number of nitrogens with zero attached hydrogens (tertiary/aromatic N) is 1. The van der Waals surface area contributed by atoms with Crippen molar-refractivity contribution in [2.75, 3.05) is 7.11 Å². The molecule has 1 saturated carbocycles. The quantitative estimate of drug-likeness (QED) is 0.268. The highest BCUT2D eigenvalue weighted by atomic mass is 35.5. The van der Waals surface area contributed by atoms with Crippen LogP contribution >= 0.6 is 11.6 Å². The monoisotopic (exact) mass is 441 g/mol. The van der Waals surface area contributed by atoms with E-state index in [4.69, 9.17) is 21.2 Å². The van der Waals surface area contributed by atoms with Gasteiger partial charge in [-0.05, 0) is 72.0 Å². The number of ether oxygens (including phenoxy) is 1. The molecule has 158 valence electrons. The normalized spacial score (nSPS) is 17.9. The summed E-state index contributed by atoms with van der Waals surface area (Å²) in [5, 5.41) is 4.74. The number of oxime groups is 1. The van der Waals surface area contributed by atoms with E-state index in [1.807, 2.05) is 36.4 Å². The van der Waals surface area contributed by atoms with E-state index in [1.54, 1.807) is 19.2 Å². The second-order valence-corrected chi connectivity index (χ2v) is 7.64. The molecule has 1 aliphatic rings. The van der Waals surface area contributed by atoms with Gasteiger partial charge < -0.3 is 9.57 Å². The number of rotatable bonds is 6. The van der Waals surface area contributed by atoms with Crippen LogP contribution in [0.15, 0.2) is 71.9 Å². The first-order chi connectivity index (χ1) is 15.0. The van der Waals surface area contributed by atoms with Gasteiger partial charge in [-0.1, -0.05) is 28.9 Å². The summed E-state index contributed by atoms with van der Waals surface area (Å²) >= 11 is 5.98. The predicted molar refractivity (Wildman–Crippen MR) is 114 cm³/mol. The summed E-state index contributed by atoms with van der Waals surface area (Å²) in [6.45, 7) is 0. The van der Waals surface area contributed by atoms with Crippen molar-refractivity contribution < 1.29 is 23.1 Å². The maximum Gasteiger partial charge on any atom is 0.368 e. The Labute approximate surface area is 183 Å². The topological polar surface area (TPSA) is 47.9 Å². The van der Waals surface area contributed by atoms with Gasteiger partial charge in [0.25, 0.3) is 0 Å². The lowest BCUT2D eigenvalue weighted by Crippen LogP contribution is -2.10. The van der Waals surface area contributed by atoms with Gasteiger partial charge in [0, 0.05) is 17.0 Å². The third-order valence-corrected chi connectivity index (χ3v) is 5.46. The van der Waals surface area contributed by atoms with Gasteiger partial charge in [-0.25, -0.2) is 13.6 Å². The number of benzene rings is 3. The second-order valence-electron chi connectivity index (χ2n) is 7.21. The Morgan fingerprint density at radius 1 is 1.03 bits per heavy atom. The van der Waals surface area contributed by atoms with Gasteiger partial charge in [-0.15, -0.1) is 0 Å². The first kappa shape index (κ1) is 21.0. The van der Waals surface area contributed by atoms with Crippen LogP contribution in [0.5, 0.6) is 5.75 Å². The molecular weight excluding hydrogens is 424 g/mol. The maximum atomic E-state index is 13.9. The van der Waals surface area contributed by atoms with Crippen molar-refractivity contribution in [1.29, 1.82) is 0 Å². The Balaban J connectivity index is 1.60. The standard InChI is InChI=1S/C24H18ClF2NO3/c1-30-18-9-4-15(5-10-18)23(21-13-20(21)14-2-6-16(25)7-3-14)28-31-24(29)19-11-8-17(26)12-22(19)27/h2-12,20-21H,13H2,1H3/b28-23-/t20-,21+/m1/s1. The minimum Gasteiger partial charge on any atom is -0.497 e. The molecule has 31 heavy (non-hydrogen) atoms. The summed E-state index contributed by atoms with van der Waals surface area (Å²) in [6, 6.07) is 17.4. The molecule has 0 N–H and O–H groups in total. The fraction of sp³-hybridized carbons (Fsp3) is 0.167. The Hall–Kier alpha value is -3.25. The van der Waals surface area contributed by atoms with E-state index in [0.29, 0.717) is 22.6 Å². The van der Waals surface area contributed by atoms with Crippen molar-refractivity contribution in [1.82, 2.24) is 0 Å². The van der Waals surface area contributed by atoms with Gasteiger partial charge in [0.15, 0.2) is 0 Å². The SMILES string of the molecule is COc1ccc(/C(=N/OC(=O)c2ccc(F)cc2F)[C@H]2C[C@@H]2c2ccc(Cl)cc2)cc1. The van der Waals surface area contributed by atoms with Crippen LogP contribution in [0.2, 0.25) is 5.02 Å². The highest BCUT2D eigenvalue weighted by Gasteiger charge is 2.43. The number of carbonyl (C=O) groups excluding carboxylic acids is 1. The van der Waals surface area contributed by atoms with Crippen molar-refractivity contribution >= 4 is 23.3 Å². The Kier molecular flexibility index (Phi) is 6.00. The second kappa shape index (κ2) is 8.86. The van der Waals surface area contributed by atoms with E-state index >= 15 is 0 Å². The van der Waals surface area contributed by atoms with Crippen LogP contribution in [-0.4, -0.2) is 18.8 Å². The molecule has 0 amide bonds. The fourth-order valence-corrected chi connectivity index (χ4v) is 3.59. The highest BCUT2D eigenvalue weighted by molar-refractivity contribution is 6.30. The zero-order valence-electron chi connectivity index (χ0n) is 16.5. The summed E-state index contributed by atoms with van der Waals surface area (Å²) in [5.74, 6) is -1.89. The molecule has 0 radical (unpaired) electrons. The highest BCUT2D eigenvalue weighted by Crippen LogP contribution is 2.49. The van der Waals surface area contributed by atoms with Crippen molar-refractivity contribution in [3.63, 3.8) is 0 Å². The molecule has 0 heterocycles. The molecule has 0 aromatic heterocycles. The lowest BCUT2D eigenvalue weighted by molar-refractivity contribution is 0.0510. The minimum atomic E-state index is -1.00. The van der Waals surface area contributed by atoms with Crippen LogP contribution in [0.3, 0.4) is 0 Å². The van der Waals surface area contributed by atoms with E-state index in [9.17, 15) is 13.6 Å². The number of methoxy groups -OCH3 is 1. The molecule has 7 heteroatoms. The predicted octanol–water partition coefficient (Wildman–Crippen LogP) is 5.99. The van der Waals surface area contributed by atoms with Crippen molar-refractivity contribution in [2.45, 2.75) is 12.3 Å². The molecule has 4 nitrogen and oxygen atoms in total. The molecule has 0 spiro atoms. The van der Waals surface area contributed by atoms with Crippen molar-refractivity contribution in [3.8, 4) is 5.75 Å². The zero-order chi connectivity index (χ0) is 22.0. The lowest BCUT2D eigenvalue weighted by atomic mass is 10.0. The van der Waals surface area contributed by atoms with Gasteiger partial charge in [0.05, 0.1) is 18.4 Å². The first-order valence-corrected chi connectivity index (χ1v) is 9.98. The molecule has 3 aromatic carbocycles. The number of halogens is 3. The van der Waals surface area contributed by atoms with E-state index in [0.717, 1.165) is 29.7 Å². The summed E-state index contributed by atoms with van der Waals surface area (Å²) < 4.78 is 32.2. The summed E-state index contributed by atoms with van der Waals surface area (Å²) in [4.78, 5) is 17.4.